The lowest BCUT2D eigenvalue weighted by atomic mass is 9.99. The number of hydrogen-bond acceptors (Lipinski definition) is 3. The number of hydrogen-bond donors (Lipinski definition) is 3. The van der Waals surface area contributed by atoms with E-state index in [0.29, 0.717) is 12.2 Å². The Kier molecular flexibility index (Phi) is 3.66. The summed E-state index contributed by atoms with van der Waals surface area (Å²) in [6, 6.07) is 5.70. The Balaban J connectivity index is 2.27. The minimum atomic E-state index is -3.44. The molecule has 0 saturated carbocycles. The first-order valence-corrected chi connectivity index (χ1v) is 7.19. The summed E-state index contributed by atoms with van der Waals surface area (Å²) in [6.07, 6.45) is 0.847. The summed E-state index contributed by atoms with van der Waals surface area (Å²) in [7, 11) is -3.44. The molecule has 1 aromatic rings. The quantitative estimate of drug-likeness (QED) is 0.738. The van der Waals surface area contributed by atoms with Crippen molar-refractivity contribution in [2.45, 2.75) is 19.9 Å². The zero-order valence-corrected chi connectivity index (χ0v) is 10.6. The standard InChI is InChI=1S/C11H17N3O2S/c1-2-13-17(15,16)14-11-5-3-4-9-8-12-7-6-10(9)11/h3-5,12-14H,2,6-8H2,1H3. The van der Waals surface area contributed by atoms with Crippen molar-refractivity contribution < 1.29 is 8.42 Å². The van der Waals surface area contributed by atoms with Crippen molar-refractivity contribution in [3.63, 3.8) is 0 Å². The highest BCUT2D eigenvalue weighted by molar-refractivity contribution is 7.90. The Labute approximate surface area is 102 Å². The van der Waals surface area contributed by atoms with Gasteiger partial charge in [-0.25, -0.2) is 0 Å². The van der Waals surface area contributed by atoms with Crippen LogP contribution in [0.2, 0.25) is 0 Å². The van der Waals surface area contributed by atoms with Gasteiger partial charge in [0.15, 0.2) is 0 Å². The Morgan fingerprint density at radius 2 is 2.24 bits per heavy atom. The van der Waals surface area contributed by atoms with Gasteiger partial charge in [0.25, 0.3) is 10.2 Å². The molecule has 5 nitrogen and oxygen atoms in total. The summed E-state index contributed by atoms with van der Waals surface area (Å²) in [5, 5.41) is 3.26. The van der Waals surface area contributed by atoms with E-state index < -0.39 is 10.2 Å². The van der Waals surface area contributed by atoms with Crippen molar-refractivity contribution in [1.82, 2.24) is 10.0 Å². The molecule has 94 valence electrons. The van der Waals surface area contributed by atoms with E-state index >= 15 is 0 Å². The van der Waals surface area contributed by atoms with Crippen LogP contribution in [-0.2, 0) is 23.2 Å². The van der Waals surface area contributed by atoms with Gasteiger partial charge in [0.2, 0.25) is 0 Å². The average Bonchev–Trinajstić information content (AvgIpc) is 2.29. The minimum absolute atomic E-state index is 0.381. The van der Waals surface area contributed by atoms with Gasteiger partial charge in [0.1, 0.15) is 0 Å². The van der Waals surface area contributed by atoms with Gasteiger partial charge in [-0.1, -0.05) is 19.1 Å². The van der Waals surface area contributed by atoms with E-state index in [-0.39, 0.29) is 0 Å². The van der Waals surface area contributed by atoms with Gasteiger partial charge in [-0.05, 0) is 30.2 Å². The molecule has 0 aromatic heterocycles. The third kappa shape index (κ3) is 2.96. The van der Waals surface area contributed by atoms with E-state index in [1.54, 1.807) is 13.0 Å². The van der Waals surface area contributed by atoms with Crippen LogP contribution in [0.3, 0.4) is 0 Å². The molecular weight excluding hydrogens is 238 g/mol. The van der Waals surface area contributed by atoms with Crippen molar-refractivity contribution in [1.29, 1.82) is 0 Å². The molecule has 6 heteroatoms. The third-order valence-electron chi connectivity index (χ3n) is 2.72. The maximum atomic E-state index is 11.6. The first-order chi connectivity index (χ1) is 8.12. The maximum absolute atomic E-state index is 11.6. The largest absolute Gasteiger partial charge is 0.312 e. The van der Waals surface area contributed by atoms with Crippen LogP contribution in [0.1, 0.15) is 18.1 Å². The number of rotatable bonds is 4. The van der Waals surface area contributed by atoms with Crippen LogP contribution >= 0.6 is 0 Å². The fraction of sp³-hybridized carbons (Fsp3) is 0.455. The number of anilines is 1. The van der Waals surface area contributed by atoms with Gasteiger partial charge >= 0.3 is 0 Å². The molecule has 0 fully saturated rings. The van der Waals surface area contributed by atoms with Crippen molar-refractivity contribution in [2.75, 3.05) is 17.8 Å². The fourth-order valence-corrected chi connectivity index (χ4v) is 2.93. The van der Waals surface area contributed by atoms with Crippen molar-refractivity contribution in [2.24, 2.45) is 0 Å². The summed E-state index contributed by atoms with van der Waals surface area (Å²) in [5.74, 6) is 0. The molecule has 0 saturated heterocycles. The second-order valence-electron chi connectivity index (χ2n) is 3.97. The van der Waals surface area contributed by atoms with Gasteiger partial charge in [-0.15, -0.1) is 0 Å². The highest BCUT2D eigenvalue weighted by Gasteiger charge is 2.15. The van der Waals surface area contributed by atoms with Crippen LogP contribution in [0.5, 0.6) is 0 Å². The Morgan fingerprint density at radius 3 is 3.00 bits per heavy atom. The van der Waals surface area contributed by atoms with E-state index in [1.165, 1.54) is 0 Å². The third-order valence-corrected chi connectivity index (χ3v) is 3.88. The first-order valence-electron chi connectivity index (χ1n) is 5.71. The molecule has 17 heavy (non-hydrogen) atoms. The van der Waals surface area contributed by atoms with Gasteiger partial charge < -0.3 is 5.32 Å². The second kappa shape index (κ2) is 5.03. The predicted octanol–water partition coefficient (Wildman–Crippen LogP) is 0.598. The van der Waals surface area contributed by atoms with Crippen LogP contribution in [0, 0.1) is 0 Å². The molecular formula is C11H17N3O2S. The SMILES string of the molecule is CCNS(=O)(=O)Nc1cccc2c1CCNC2. The van der Waals surface area contributed by atoms with E-state index in [1.807, 2.05) is 12.1 Å². The Morgan fingerprint density at radius 1 is 1.41 bits per heavy atom. The predicted molar refractivity (Wildman–Crippen MR) is 68.1 cm³/mol. The topological polar surface area (TPSA) is 70.2 Å². The highest BCUT2D eigenvalue weighted by atomic mass is 32.2. The van der Waals surface area contributed by atoms with Crippen LogP contribution in [0.15, 0.2) is 18.2 Å². The van der Waals surface area contributed by atoms with Crippen LogP contribution in [0.4, 0.5) is 5.69 Å². The summed E-state index contributed by atoms with van der Waals surface area (Å²) >= 11 is 0. The highest BCUT2D eigenvalue weighted by Crippen LogP contribution is 2.23. The fourth-order valence-electron chi connectivity index (χ4n) is 2.00. The van der Waals surface area contributed by atoms with Crippen LogP contribution in [0.25, 0.3) is 0 Å². The molecule has 0 atom stereocenters. The molecule has 1 heterocycles. The lowest BCUT2D eigenvalue weighted by molar-refractivity contribution is 0.589. The molecule has 0 radical (unpaired) electrons. The van der Waals surface area contributed by atoms with E-state index in [4.69, 9.17) is 0 Å². The van der Waals surface area contributed by atoms with Crippen LogP contribution < -0.4 is 14.8 Å². The molecule has 0 spiro atoms. The molecule has 0 unspecified atom stereocenters. The smallest absolute Gasteiger partial charge is 0.299 e. The Hall–Kier alpha value is -1.11. The normalized spacial score (nSPS) is 15.4. The number of nitrogens with one attached hydrogen (secondary N) is 3. The van der Waals surface area contributed by atoms with Gasteiger partial charge in [0, 0.05) is 13.1 Å². The molecule has 1 aliphatic rings. The molecule has 1 aliphatic heterocycles. The maximum Gasteiger partial charge on any atom is 0.299 e. The molecule has 3 N–H and O–H groups in total. The summed E-state index contributed by atoms with van der Waals surface area (Å²) in [6.45, 7) is 3.81. The van der Waals surface area contributed by atoms with E-state index in [0.717, 1.165) is 30.6 Å². The van der Waals surface area contributed by atoms with Crippen molar-refractivity contribution in [3.8, 4) is 0 Å². The monoisotopic (exact) mass is 255 g/mol. The lowest BCUT2D eigenvalue weighted by Gasteiger charge is -2.20. The van der Waals surface area contributed by atoms with Crippen LogP contribution in [-0.4, -0.2) is 21.5 Å². The first kappa shape index (κ1) is 12.3. The summed E-state index contributed by atoms with van der Waals surface area (Å²) in [5.41, 5.74) is 2.94. The number of benzene rings is 1. The van der Waals surface area contributed by atoms with E-state index in [9.17, 15) is 8.42 Å². The minimum Gasteiger partial charge on any atom is -0.312 e. The average molecular weight is 255 g/mol. The van der Waals surface area contributed by atoms with Gasteiger partial charge in [-0.2, -0.15) is 13.1 Å². The zero-order valence-electron chi connectivity index (χ0n) is 9.79. The molecule has 0 bridgehead atoms. The molecule has 0 amide bonds. The number of fused-ring (bicyclic) bond motifs is 1. The second-order valence-corrected chi connectivity index (χ2v) is 5.47. The van der Waals surface area contributed by atoms with Crippen molar-refractivity contribution >= 4 is 15.9 Å². The molecule has 0 aliphatic carbocycles. The van der Waals surface area contributed by atoms with Gasteiger partial charge in [0.05, 0.1) is 5.69 Å². The Bertz CT molecular complexity index is 499. The molecule has 2 rings (SSSR count). The summed E-state index contributed by atoms with van der Waals surface area (Å²) < 4.78 is 28.3. The summed E-state index contributed by atoms with van der Waals surface area (Å²) in [4.78, 5) is 0. The van der Waals surface area contributed by atoms with Gasteiger partial charge in [-0.3, -0.25) is 4.72 Å². The zero-order chi connectivity index (χ0) is 12.3. The lowest BCUT2D eigenvalue weighted by Crippen LogP contribution is -2.31. The molecule has 1 aromatic carbocycles. The van der Waals surface area contributed by atoms with E-state index in [2.05, 4.69) is 14.8 Å². The van der Waals surface area contributed by atoms with Crippen molar-refractivity contribution in [3.05, 3.63) is 29.3 Å².